The number of carbonyl (C=O) groups excluding carboxylic acids is 1. The Balaban J connectivity index is 2.65. The van der Waals surface area contributed by atoms with E-state index in [-0.39, 0.29) is 5.97 Å². The number of esters is 1. The summed E-state index contributed by atoms with van der Waals surface area (Å²) in [6, 6.07) is 0. The summed E-state index contributed by atoms with van der Waals surface area (Å²) in [6.07, 6.45) is 7.88. The molecular weight excluding hydrogens is 176 g/mol. The predicted molar refractivity (Wildman–Crippen MR) is 56.9 cm³/mol. The van der Waals surface area contributed by atoms with Crippen molar-refractivity contribution in [3.63, 3.8) is 0 Å². The maximum atomic E-state index is 11.0. The summed E-state index contributed by atoms with van der Waals surface area (Å²) in [5.41, 5.74) is -0.452. The second-order valence-corrected chi connectivity index (χ2v) is 4.32. The first-order chi connectivity index (χ1) is 6.58. The molecule has 1 saturated carbocycles. The van der Waals surface area contributed by atoms with E-state index in [9.17, 15) is 4.79 Å². The second kappa shape index (κ2) is 4.63. The zero-order valence-corrected chi connectivity index (χ0v) is 9.21. The highest BCUT2D eigenvalue weighted by Gasteiger charge is 2.34. The molecule has 0 heterocycles. The Hall–Kier alpha value is -0.790. The van der Waals surface area contributed by atoms with E-state index in [1.807, 2.05) is 6.92 Å². The van der Waals surface area contributed by atoms with Crippen molar-refractivity contribution >= 4 is 5.97 Å². The highest BCUT2D eigenvalue weighted by molar-refractivity contribution is 5.66. The minimum atomic E-state index is -0.452. The van der Waals surface area contributed by atoms with Crippen molar-refractivity contribution in [2.75, 3.05) is 0 Å². The van der Waals surface area contributed by atoms with E-state index in [0.717, 1.165) is 12.8 Å². The zero-order valence-electron chi connectivity index (χ0n) is 9.21. The van der Waals surface area contributed by atoms with Gasteiger partial charge in [0.2, 0.25) is 0 Å². The summed E-state index contributed by atoms with van der Waals surface area (Å²) in [6.45, 7) is 7.22. The maximum absolute atomic E-state index is 11.0. The Labute approximate surface area is 86.3 Å². The molecule has 1 rings (SSSR count). The van der Waals surface area contributed by atoms with Crippen LogP contribution in [0.2, 0.25) is 0 Å². The molecule has 0 aliphatic heterocycles. The van der Waals surface area contributed by atoms with Crippen molar-refractivity contribution < 1.29 is 9.53 Å². The molecule has 0 aromatic heterocycles. The van der Waals surface area contributed by atoms with Crippen LogP contribution in [0.4, 0.5) is 0 Å². The monoisotopic (exact) mass is 196 g/mol. The SMILES string of the molecule is C=C[C@@](C)(OC(C)=O)C1CCCCC1. The first-order valence-corrected chi connectivity index (χ1v) is 5.41. The van der Waals surface area contributed by atoms with Gasteiger partial charge in [-0.2, -0.15) is 0 Å². The Morgan fingerprint density at radius 3 is 2.43 bits per heavy atom. The Morgan fingerprint density at radius 2 is 2.00 bits per heavy atom. The molecule has 0 aromatic carbocycles. The molecule has 0 N–H and O–H groups in total. The fourth-order valence-electron chi connectivity index (χ4n) is 2.28. The van der Waals surface area contributed by atoms with Gasteiger partial charge in [-0.05, 0) is 25.8 Å². The molecule has 1 aliphatic carbocycles. The van der Waals surface area contributed by atoms with Gasteiger partial charge in [0.15, 0.2) is 0 Å². The van der Waals surface area contributed by atoms with E-state index in [2.05, 4.69) is 6.58 Å². The van der Waals surface area contributed by atoms with Crippen LogP contribution >= 0.6 is 0 Å². The van der Waals surface area contributed by atoms with Gasteiger partial charge in [0, 0.05) is 12.8 Å². The standard InChI is InChI=1S/C12H20O2/c1-4-12(3,14-10(2)13)11-8-6-5-7-9-11/h4,11H,1,5-9H2,2-3H3/t12-/m1/s1. The summed E-state index contributed by atoms with van der Waals surface area (Å²) in [5, 5.41) is 0. The molecule has 2 nitrogen and oxygen atoms in total. The van der Waals surface area contributed by atoms with Gasteiger partial charge in [-0.25, -0.2) is 0 Å². The number of carbonyl (C=O) groups is 1. The third-order valence-electron chi connectivity index (χ3n) is 3.18. The summed E-state index contributed by atoms with van der Waals surface area (Å²) in [7, 11) is 0. The number of rotatable bonds is 3. The lowest BCUT2D eigenvalue weighted by Gasteiger charge is -2.36. The molecule has 14 heavy (non-hydrogen) atoms. The zero-order chi connectivity index (χ0) is 10.6. The average Bonchev–Trinajstić information content (AvgIpc) is 2.18. The first-order valence-electron chi connectivity index (χ1n) is 5.41. The molecule has 0 aromatic rings. The van der Waals surface area contributed by atoms with Crippen molar-refractivity contribution in [2.45, 2.75) is 51.6 Å². The van der Waals surface area contributed by atoms with E-state index >= 15 is 0 Å². The smallest absolute Gasteiger partial charge is 0.303 e. The molecule has 0 saturated heterocycles. The van der Waals surface area contributed by atoms with Crippen molar-refractivity contribution in [3.05, 3.63) is 12.7 Å². The van der Waals surface area contributed by atoms with Crippen LogP contribution < -0.4 is 0 Å². The molecule has 1 aliphatic rings. The van der Waals surface area contributed by atoms with Crippen LogP contribution in [0.5, 0.6) is 0 Å². The van der Waals surface area contributed by atoms with E-state index < -0.39 is 5.60 Å². The molecule has 2 heteroatoms. The first kappa shape index (κ1) is 11.3. The quantitative estimate of drug-likeness (QED) is 0.512. The Morgan fingerprint density at radius 1 is 1.43 bits per heavy atom. The molecule has 1 atom stereocenters. The number of hydrogen-bond acceptors (Lipinski definition) is 2. The normalized spacial score (nSPS) is 22.4. The molecule has 80 valence electrons. The van der Waals surface area contributed by atoms with Crippen LogP contribution in [-0.2, 0) is 9.53 Å². The van der Waals surface area contributed by atoms with Gasteiger partial charge in [0.05, 0.1) is 0 Å². The van der Waals surface area contributed by atoms with Crippen LogP contribution in [0, 0.1) is 5.92 Å². The second-order valence-electron chi connectivity index (χ2n) is 4.32. The van der Waals surface area contributed by atoms with Crippen molar-refractivity contribution in [1.82, 2.24) is 0 Å². The molecule has 0 amide bonds. The van der Waals surface area contributed by atoms with E-state index in [4.69, 9.17) is 4.74 Å². The summed E-state index contributed by atoms with van der Waals surface area (Å²) in [4.78, 5) is 11.0. The molecular formula is C12H20O2. The summed E-state index contributed by atoms with van der Waals surface area (Å²) >= 11 is 0. The molecule has 0 spiro atoms. The summed E-state index contributed by atoms with van der Waals surface area (Å²) in [5.74, 6) is 0.246. The van der Waals surface area contributed by atoms with Gasteiger partial charge in [-0.1, -0.05) is 25.8 Å². The van der Waals surface area contributed by atoms with Crippen molar-refractivity contribution in [3.8, 4) is 0 Å². The molecule has 0 radical (unpaired) electrons. The van der Waals surface area contributed by atoms with Crippen LogP contribution in [-0.4, -0.2) is 11.6 Å². The highest BCUT2D eigenvalue weighted by atomic mass is 16.6. The molecule has 1 fully saturated rings. The van der Waals surface area contributed by atoms with Crippen LogP contribution in [0.25, 0.3) is 0 Å². The van der Waals surface area contributed by atoms with Gasteiger partial charge < -0.3 is 4.74 Å². The Kier molecular flexibility index (Phi) is 3.73. The lowest BCUT2D eigenvalue weighted by molar-refractivity contribution is -0.156. The van der Waals surface area contributed by atoms with Crippen LogP contribution in [0.15, 0.2) is 12.7 Å². The van der Waals surface area contributed by atoms with Crippen molar-refractivity contribution in [2.24, 2.45) is 5.92 Å². The number of hydrogen-bond donors (Lipinski definition) is 0. The average molecular weight is 196 g/mol. The largest absolute Gasteiger partial charge is 0.455 e. The lowest BCUT2D eigenvalue weighted by atomic mass is 9.78. The highest BCUT2D eigenvalue weighted by Crippen LogP contribution is 2.35. The topological polar surface area (TPSA) is 26.3 Å². The molecule has 0 bridgehead atoms. The maximum Gasteiger partial charge on any atom is 0.303 e. The van der Waals surface area contributed by atoms with Crippen molar-refractivity contribution in [1.29, 1.82) is 0 Å². The summed E-state index contributed by atoms with van der Waals surface area (Å²) < 4.78 is 5.37. The lowest BCUT2D eigenvalue weighted by Crippen LogP contribution is -2.38. The van der Waals surface area contributed by atoms with Gasteiger partial charge in [0.25, 0.3) is 0 Å². The fraction of sp³-hybridized carbons (Fsp3) is 0.750. The minimum Gasteiger partial charge on any atom is -0.455 e. The van der Waals surface area contributed by atoms with E-state index in [0.29, 0.717) is 5.92 Å². The minimum absolute atomic E-state index is 0.210. The molecule has 0 unspecified atom stereocenters. The third kappa shape index (κ3) is 2.60. The third-order valence-corrected chi connectivity index (χ3v) is 3.18. The number of ether oxygens (including phenoxy) is 1. The van der Waals surface area contributed by atoms with Gasteiger partial charge in [-0.15, -0.1) is 0 Å². The van der Waals surface area contributed by atoms with Gasteiger partial charge in [0.1, 0.15) is 5.60 Å². The van der Waals surface area contributed by atoms with Crippen LogP contribution in [0.3, 0.4) is 0 Å². The van der Waals surface area contributed by atoms with Gasteiger partial charge in [-0.3, -0.25) is 4.79 Å². The predicted octanol–water partition coefficient (Wildman–Crippen LogP) is 3.07. The van der Waals surface area contributed by atoms with E-state index in [1.165, 1.54) is 26.2 Å². The van der Waals surface area contributed by atoms with E-state index in [1.54, 1.807) is 6.08 Å². The van der Waals surface area contributed by atoms with Crippen LogP contribution in [0.1, 0.15) is 46.0 Å². The fourth-order valence-corrected chi connectivity index (χ4v) is 2.28. The Bertz CT molecular complexity index is 216. The van der Waals surface area contributed by atoms with Gasteiger partial charge >= 0.3 is 5.97 Å².